The summed E-state index contributed by atoms with van der Waals surface area (Å²) >= 11 is 0. The summed E-state index contributed by atoms with van der Waals surface area (Å²) in [6.07, 6.45) is 5.63. The third kappa shape index (κ3) is 4.76. The van der Waals surface area contributed by atoms with Gasteiger partial charge in [0.05, 0.1) is 11.9 Å². The summed E-state index contributed by atoms with van der Waals surface area (Å²) in [5.41, 5.74) is 1.05. The Morgan fingerprint density at radius 2 is 2.25 bits per heavy atom. The van der Waals surface area contributed by atoms with Crippen LogP contribution in [0.4, 0.5) is 0 Å². The first-order valence-electron chi connectivity index (χ1n) is 5.29. The maximum absolute atomic E-state index is 11.3. The number of aryl methyl sites for hydroxylation is 1. The molecule has 0 aromatic carbocycles. The van der Waals surface area contributed by atoms with E-state index in [-0.39, 0.29) is 11.8 Å². The van der Waals surface area contributed by atoms with Crippen molar-refractivity contribution < 1.29 is 8.42 Å². The summed E-state index contributed by atoms with van der Waals surface area (Å²) in [5.74, 6) is 0.162. The number of nitrogens with one attached hydrogen (secondary N) is 1. The minimum Gasteiger partial charge on any atom is -0.313 e. The third-order valence-corrected chi connectivity index (χ3v) is 3.25. The molecule has 0 aliphatic heterocycles. The predicted octanol–water partition coefficient (Wildman–Crippen LogP) is -0.0147. The Hall–Kier alpha value is -0.880. The second-order valence-corrected chi connectivity index (χ2v) is 6.26. The van der Waals surface area contributed by atoms with E-state index >= 15 is 0 Å². The van der Waals surface area contributed by atoms with Crippen molar-refractivity contribution >= 4 is 9.84 Å². The van der Waals surface area contributed by atoms with Crippen LogP contribution in [0.15, 0.2) is 12.4 Å². The highest BCUT2D eigenvalue weighted by Gasteiger charge is 2.15. The van der Waals surface area contributed by atoms with Crippen LogP contribution in [-0.2, 0) is 23.3 Å². The summed E-state index contributed by atoms with van der Waals surface area (Å²) in [6, 6.07) is -0.0378. The highest BCUT2D eigenvalue weighted by Crippen LogP contribution is 2.03. The van der Waals surface area contributed by atoms with E-state index in [4.69, 9.17) is 0 Å². The first kappa shape index (κ1) is 13.2. The number of nitrogens with zero attached hydrogens (tertiary/aromatic N) is 2. The Morgan fingerprint density at radius 1 is 1.56 bits per heavy atom. The van der Waals surface area contributed by atoms with Gasteiger partial charge in [-0.2, -0.15) is 5.10 Å². The van der Waals surface area contributed by atoms with Crippen molar-refractivity contribution in [1.82, 2.24) is 15.1 Å². The second-order valence-electron chi connectivity index (χ2n) is 4.07. The quantitative estimate of drug-likeness (QED) is 0.765. The molecule has 1 heterocycles. The van der Waals surface area contributed by atoms with Crippen LogP contribution in [0.5, 0.6) is 0 Å². The van der Waals surface area contributed by atoms with Crippen molar-refractivity contribution in [3.05, 3.63) is 18.0 Å². The number of hydrogen-bond acceptors (Lipinski definition) is 4. The number of sulfone groups is 1. The fourth-order valence-corrected chi connectivity index (χ4v) is 2.67. The Bertz CT molecular complexity index is 425. The fraction of sp³-hybridized carbons (Fsp3) is 0.700. The highest BCUT2D eigenvalue weighted by molar-refractivity contribution is 7.90. The average Bonchev–Trinajstić information content (AvgIpc) is 2.48. The van der Waals surface area contributed by atoms with Crippen LogP contribution in [-0.4, -0.2) is 42.8 Å². The molecule has 0 aliphatic carbocycles. The molecular weight excluding hydrogens is 226 g/mol. The zero-order chi connectivity index (χ0) is 12.2. The second kappa shape index (κ2) is 5.45. The van der Waals surface area contributed by atoms with Crippen molar-refractivity contribution in [1.29, 1.82) is 0 Å². The number of aromatic nitrogens is 2. The van der Waals surface area contributed by atoms with E-state index < -0.39 is 9.84 Å². The number of likely N-dealkylation sites (N-methyl/N-ethyl adjacent to an activating group) is 1. The molecule has 0 spiro atoms. The molecule has 16 heavy (non-hydrogen) atoms. The van der Waals surface area contributed by atoms with Crippen LogP contribution in [0.25, 0.3) is 0 Å². The van der Waals surface area contributed by atoms with Gasteiger partial charge in [0, 0.05) is 25.5 Å². The number of hydrogen-bond donors (Lipinski definition) is 1. The van der Waals surface area contributed by atoms with Gasteiger partial charge in [-0.1, -0.05) is 6.92 Å². The van der Waals surface area contributed by atoms with Gasteiger partial charge in [0.2, 0.25) is 0 Å². The zero-order valence-electron chi connectivity index (χ0n) is 9.97. The Balaban J connectivity index is 2.64. The lowest BCUT2D eigenvalue weighted by Gasteiger charge is -2.15. The van der Waals surface area contributed by atoms with E-state index in [0.717, 1.165) is 12.1 Å². The van der Waals surface area contributed by atoms with Crippen LogP contribution >= 0.6 is 0 Å². The van der Waals surface area contributed by atoms with E-state index in [1.807, 2.05) is 20.2 Å². The predicted molar refractivity (Wildman–Crippen MR) is 64.1 cm³/mol. The first-order chi connectivity index (χ1) is 7.40. The van der Waals surface area contributed by atoms with Gasteiger partial charge < -0.3 is 5.32 Å². The van der Waals surface area contributed by atoms with Gasteiger partial charge in [-0.3, -0.25) is 4.68 Å². The molecule has 0 fully saturated rings. The van der Waals surface area contributed by atoms with Crippen LogP contribution in [0, 0.1) is 0 Å². The number of rotatable bonds is 6. The smallest absolute Gasteiger partial charge is 0.148 e. The molecule has 5 nitrogen and oxygen atoms in total. The van der Waals surface area contributed by atoms with E-state index in [9.17, 15) is 8.42 Å². The summed E-state index contributed by atoms with van der Waals surface area (Å²) in [5, 5.41) is 7.25. The maximum Gasteiger partial charge on any atom is 0.148 e. The van der Waals surface area contributed by atoms with Crippen molar-refractivity contribution in [2.24, 2.45) is 7.05 Å². The molecule has 0 saturated heterocycles. The van der Waals surface area contributed by atoms with Gasteiger partial charge in [-0.05, 0) is 18.5 Å². The molecule has 6 heteroatoms. The Morgan fingerprint density at radius 3 is 2.69 bits per heavy atom. The van der Waals surface area contributed by atoms with Crippen LogP contribution < -0.4 is 5.32 Å². The van der Waals surface area contributed by atoms with Crippen LogP contribution in [0.1, 0.15) is 12.5 Å². The van der Waals surface area contributed by atoms with Gasteiger partial charge in [-0.25, -0.2) is 8.42 Å². The molecule has 1 N–H and O–H groups in total. The van der Waals surface area contributed by atoms with Gasteiger partial charge in [-0.15, -0.1) is 0 Å². The molecule has 1 unspecified atom stereocenters. The SMILES string of the molecule is CCNC(Cc1cnn(C)c1)CS(C)(=O)=O. The fourth-order valence-electron chi connectivity index (χ4n) is 1.71. The van der Waals surface area contributed by atoms with Crippen molar-refractivity contribution in [3.8, 4) is 0 Å². The van der Waals surface area contributed by atoms with Crippen LogP contribution in [0.2, 0.25) is 0 Å². The largest absolute Gasteiger partial charge is 0.313 e. The lowest BCUT2D eigenvalue weighted by atomic mass is 10.1. The van der Waals surface area contributed by atoms with Gasteiger partial charge in [0.1, 0.15) is 9.84 Å². The van der Waals surface area contributed by atoms with E-state index in [0.29, 0.717) is 6.42 Å². The molecule has 0 aliphatic rings. The molecule has 0 amide bonds. The minimum absolute atomic E-state index is 0.0378. The van der Waals surface area contributed by atoms with Crippen molar-refractivity contribution in [2.45, 2.75) is 19.4 Å². The lowest BCUT2D eigenvalue weighted by molar-refractivity contribution is 0.545. The normalized spacial score (nSPS) is 13.9. The maximum atomic E-state index is 11.3. The van der Waals surface area contributed by atoms with Gasteiger partial charge >= 0.3 is 0 Å². The van der Waals surface area contributed by atoms with Crippen molar-refractivity contribution in [2.75, 3.05) is 18.6 Å². The lowest BCUT2D eigenvalue weighted by Crippen LogP contribution is -2.37. The molecule has 0 saturated carbocycles. The molecule has 1 atom stereocenters. The zero-order valence-corrected chi connectivity index (χ0v) is 10.8. The molecular formula is C10H19N3O2S. The summed E-state index contributed by atoms with van der Waals surface area (Å²) < 4.78 is 24.2. The minimum atomic E-state index is -2.95. The van der Waals surface area contributed by atoms with E-state index in [2.05, 4.69) is 10.4 Å². The molecule has 92 valence electrons. The highest BCUT2D eigenvalue weighted by atomic mass is 32.2. The van der Waals surface area contributed by atoms with Crippen molar-refractivity contribution in [3.63, 3.8) is 0 Å². The van der Waals surface area contributed by atoms with E-state index in [1.165, 1.54) is 6.26 Å². The molecule has 1 aromatic rings. The topological polar surface area (TPSA) is 64.0 Å². The third-order valence-electron chi connectivity index (χ3n) is 2.24. The van der Waals surface area contributed by atoms with E-state index in [1.54, 1.807) is 10.9 Å². The summed E-state index contributed by atoms with van der Waals surface area (Å²) in [4.78, 5) is 0. The summed E-state index contributed by atoms with van der Waals surface area (Å²) in [7, 11) is -1.10. The Labute approximate surface area is 96.8 Å². The molecule has 1 rings (SSSR count). The molecule has 0 bridgehead atoms. The Kier molecular flexibility index (Phi) is 4.49. The first-order valence-corrected chi connectivity index (χ1v) is 7.35. The molecule has 0 radical (unpaired) electrons. The van der Waals surface area contributed by atoms with Crippen LogP contribution in [0.3, 0.4) is 0 Å². The molecule has 1 aromatic heterocycles. The monoisotopic (exact) mass is 245 g/mol. The van der Waals surface area contributed by atoms with Gasteiger partial charge in [0.25, 0.3) is 0 Å². The standard InChI is InChI=1S/C10H19N3O2S/c1-4-11-10(8-16(3,14)15)5-9-6-12-13(2)7-9/h6-7,10-11H,4-5,8H2,1-3H3. The van der Waals surface area contributed by atoms with Gasteiger partial charge in [0.15, 0.2) is 0 Å². The summed E-state index contributed by atoms with van der Waals surface area (Å²) in [6.45, 7) is 2.74. The average molecular weight is 245 g/mol.